The van der Waals surface area contributed by atoms with Crippen LogP contribution in [0.25, 0.3) is 0 Å². The topological polar surface area (TPSA) is 38.0 Å². The molecule has 0 heterocycles. The average Bonchev–Trinajstić information content (AvgIpc) is 2.27. The van der Waals surface area contributed by atoms with Gasteiger partial charge < -0.3 is 11.1 Å². The number of para-hydroxylation sites is 1. The van der Waals surface area contributed by atoms with Gasteiger partial charge in [-0.1, -0.05) is 23.7 Å². The second-order valence-corrected chi connectivity index (χ2v) is 3.77. The molecule has 0 saturated carbocycles. The lowest BCUT2D eigenvalue weighted by Gasteiger charge is -2.10. The Labute approximate surface area is 97.8 Å². The third-order valence-electron chi connectivity index (χ3n) is 2.16. The lowest BCUT2D eigenvalue weighted by Crippen LogP contribution is -1.97. The quantitative estimate of drug-likeness (QED) is 0.779. The SMILES string of the molecule is Nc1ccc(Cl)cc1Nc1ccccc1F. The zero-order valence-electron chi connectivity index (χ0n) is 8.37. The summed E-state index contributed by atoms with van der Waals surface area (Å²) in [7, 11) is 0. The third kappa shape index (κ3) is 2.25. The molecule has 0 spiro atoms. The summed E-state index contributed by atoms with van der Waals surface area (Å²) in [6, 6.07) is 11.4. The van der Waals surface area contributed by atoms with Crippen LogP contribution in [0, 0.1) is 5.82 Å². The van der Waals surface area contributed by atoms with Crippen LogP contribution in [0.1, 0.15) is 0 Å². The van der Waals surface area contributed by atoms with Crippen LogP contribution >= 0.6 is 11.6 Å². The number of halogens is 2. The normalized spacial score (nSPS) is 10.1. The molecule has 0 aromatic heterocycles. The molecule has 0 unspecified atom stereocenters. The van der Waals surface area contributed by atoms with Gasteiger partial charge in [0.2, 0.25) is 0 Å². The van der Waals surface area contributed by atoms with Crippen LogP contribution in [-0.4, -0.2) is 0 Å². The molecule has 2 rings (SSSR count). The third-order valence-corrected chi connectivity index (χ3v) is 2.39. The summed E-state index contributed by atoms with van der Waals surface area (Å²) in [6.07, 6.45) is 0. The molecule has 0 amide bonds. The molecule has 2 aromatic carbocycles. The molecule has 0 radical (unpaired) electrons. The molecular weight excluding hydrogens is 227 g/mol. The molecule has 0 saturated heterocycles. The number of nitrogen functional groups attached to an aromatic ring is 1. The van der Waals surface area contributed by atoms with Gasteiger partial charge in [0.15, 0.2) is 0 Å². The van der Waals surface area contributed by atoms with Crippen LogP contribution in [0.15, 0.2) is 42.5 Å². The van der Waals surface area contributed by atoms with E-state index in [2.05, 4.69) is 5.32 Å². The van der Waals surface area contributed by atoms with Crippen LogP contribution in [-0.2, 0) is 0 Å². The second kappa shape index (κ2) is 4.41. The highest BCUT2D eigenvalue weighted by Gasteiger charge is 2.04. The van der Waals surface area contributed by atoms with Gasteiger partial charge in [-0.3, -0.25) is 0 Å². The van der Waals surface area contributed by atoms with Crippen molar-refractivity contribution in [2.24, 2.45) is 0 Å². The van der Waals surface area contributed by atoms with E-state index in [-0.39, 0.29) is 5.82 Å². The number of nitrogens with two attached hydrogens (primary N) is 1. The monoisotopic (exact) mass is 236 g/mol. The van der Waals surface area contributed by atoms with Crippen molar-refractivity contribution in [2.75, 3.05) is 11.1 Å². The van der Waals surface area contributed by atoms with Crippen molar-refractivity contribution in [3.05, 3.63) is 53.3 Å². The van der Waals surface area contributed by atoms with Crippen molar-refractivity contribution in [1.82, 2.24) is 0 Å². The van der Waals surface area contributed by atoms with Gasteiger partial charge in [0.05, 0.1) is 17.1 Å². The summed E-state index contributed by atoms with van der Waals surface area (Å²) in [6.45, 7) is 0. The van der Waals surface area contributed by atoms with Crippen molar-refractivity contribution in [3.8, 4) is 0 Å². The number of nitrogens with one attached hydrogen (secondary N) is 1. The fourth-order valence-electron chi connectivity index (χ4n) is 1.34. The summed E-state index contributed by atoms with van der Waals surface area (Å²) >= 11 is 5.83. The largest absolute Gasteiger partial charge is 0.397 e. The summed E-state index contributed by atoms with van der Waals surface area (Å²) in [5.74, 6) is -0.332. The molecule has 0 aliphatic rings. The van der Waals surface area contributed by atoms with Crippen molar-refractivity contribution in [1.29, 1.82) is 0 Å². The van der Waals surface area contributed by atoms with Gasteiger partial charge in [0.25, 0.3) is 0 Å². The lowest BCUT2D eigenvalue weighted by molar-refractivity contribution is 0.632. The summed E-state index contributed by atoms with van der Waals surface area (Å²) < 4.78 is 13.4. The molecule has 16 heavy (non-hydrogen) atoms. The van der Waals surface area contributed by atoms with Crippen LogP contribution in [0.3, 0.4) is 0 Å². The van der Waals surface area contributed by atoms with Gasteiger partial charge in [-0.2, -0.15) is 0 Å². The maximum atomic E-state index is 13.4. The van der Waals surface area contributed by atoms with Crippen LogP contribution in [0.5, 0.6) is 0 Å². The van der Waals surface area contributed by atoms with E-state index >= 15 is 0 Å². The molecule has 0 bridgehead atoms. The number of rotatable bonds is 2. The van der Waals surface area contributed by atoms with E-state index in [1.807, 2.05) is 0 Å². The summed E-state index contributed by atoms with van der Waals surface area (Å²) in [5.41, 5.74) is 7.23. The summed E-state index contributed by atoms with van der Waals surface area (Å²) in [5, 5.41) is 3.45. The smallest absolute Gasteiger partial charge is 0.146 e. The second-order valence-electron chi connectivity index (χ2n) is 3.34. The zero-order valence-corrected chi connectivity index (χ0v) is 9.13. The first-order valence-corrected chi connectivity index (χ1v) is 5.11. The van der Waals surface area contributed by atoms with Gasteiger partial charge in [-0.25, -0.2) is 4.39 Å². The van der Waals surface area contributed by atoms with Crippen molar-refractivity contribution < 1.29 is 4.39 Å². The Morgan fingerprint density at radius 1 is 1.06 bits per heavy atom. The van der Waals surface area contributed by atoms with Crippen molar-refractivity contribution in [2.45, 2.75) is 0 Å². The highest BCUT2D eigenvalue weighted by Crippen LogP contribution is 2.27. The minimum Gasteiger partial charge on any atom is -0.397 e. The molecular formula is C12H10ClFN2. The minimum atomic E-state index is -0.332. The first-order chi connectivity index (χ1) is 7.66. The van der Waals surface area contributed by atoms with E-state index in [1.165, 1.54) is 6.07 Å². The molecule has 3 N–H and O–H groups in total. The van der Waals surface area contributed by atoms with Crippen LogP contribution < -0.4 is 11.1 Å². The summed E-state index contributed by atoms with van der Waals surface area (Å²) in [4.78, 5) is 0. The molecule has 2 nitrogen and oxygen atoms in total. The first-order valence-electron chi connectivity index (χ1n) is 4.73. The maximum Gasteiger partial charge on any atom is 0.146 e. The van der Waals surface area contributed by atoms with Gasteiger partial charge in [-0.15, -0.1) is 0 Å². The number of hydrogen-bond acceptors (Lipinski definition) is 2. The predicted octanol–water partition coefficient (Wildman–Crippen LogP) is 3.80. The van der Waals surface area contributed by atoms with E-state index < -0.39 is 0 Å². The zero-order chi connectivity index (χ0) is 11.5. The van der Waals surface area contributed by atoms with E-state index in [9.17, 15) is 4.39 Å². The predicted molar refractivity (Wildman–Crippen MR) is 65.5 cm³/mol. The Bertz CT molecular complexity index is 514. The van der Waals surface area contributed by atoms with E-state index in [4.69, 9.17) is 17.3 Å². The molecule has 4 heteroatoms. The Hall–Kier alpha value is -1.74. The highest BCUT2D eigenvalue weighted by atomic mass is 35.5. The van der Waals surface area contributed by atoms with E-state index in [1.54, 1.807) is 36.4 Å². The minimum absolute atomic E-state index is 0.332. The van der Waals surface area contributed by atoms with E-state index in [0.29, 0.717) is 22.1 Å². The Morgan fingerprint density at radius 3 is 2.56 bits per heavy atom. The fourth-order valence-corrected chi connectivity index (χ4v) is 1.52. The van der Waals surface area contributed by atoms with Gasteiger partial charge in [-0.05, 0) is 30.3 Å². The van der Waals surface area contributed by atoms with Gasteiger partial charge in [0, 0.05) is 5.02 Å². The Balaban J connectivity index is 2.34. The van der Waals surface area contributed by atoms with E-state index in [0.717, 1.165) is 0 Å². The number of benzene rings is 2. The maximum absolute atomic E-state index is 13.4. The first kappa shape index (κ1) is 10.8. The molecule has 0 aliphatic carbocycles. The van der Waals surface area contributed by atoms with Crippen LogP contribution in [0.4, 0.5) is 21.5 Å². The Kier molecular flexibility index (Phi) is 2.97. The average molecular weight is 237 g/mol. The van der Waals surface area contributed by atoms with Gasteiger partial charge in [0.1, 0.15) is 5.82 Å². The number of anilines is 3. The Morgan fingerprint density at radius 2 is 1.81 bits per heavy atom. The molecule has 0 atom stereocenters. The molecule has 82 valence electrons. The van der Waals surface area contributed by atoms with Gasteiger partial charge >= 0.3 is 0 Å². The van der Waals surface area contributed by atoms with Crippen molar-refractivity contribution in [3.63, 3.8) is 0 Å². The fraction of sp³-hybridized carbons (Fsp3) is 0. The highest BCUT2D eigenvalue weighted by molar-refractivity contribution is 6.31. The van der Waals surface area contributed by atoms with Crippen LogP contribution in [0.2, 0.25) is 5.02 Å². The molecule has 2 aromatic rings. The number of hydrogen-bond donors (Lipinski definition) is 2. The molecule has 0 fully saturated rings. The standard InChI is InChI=1S/C12H10ClFN2/c13-8-5-6-10(15)12(7-8)16-11-4-2-1-3-9(11)14/h1-7,16H,15H2. The molecule has 0 aliphatic heterocycles. The lowest BCUT2D eigenvalue weighted by atomic mass is 10.2. The van der Waals surface area contributed by atoms with Crippen molar-refractivity contribution >= 4 is 28.7 Å².